The summed E-state index contributed by atoms with van der Waals surface area (Å²) in [5, 5.41) is 5.64. The number of alkyl halides is 3. The molecule has 0 aromatic heterocycles. The van der Waals surface area contributed by atoms with Crippen LogP contribution in [0, 0.1) is 0 Å². The van der Waals surface area contributed by atoms with Crippen LogP contribution in [0.25, 0.3) is 0 Å². The Hall–Kier alpha value is -1.76. The zero-order valence-corrected chi connectivity index (χ0v) is 15.0. The zero-order valence-electron chi connectivity index (χ0n) is 15.0. The van der Waals surface area contributed by atoms with Crippen molar-refractivity contribution in [3.05, 3.63) is 29.8 Å². The average Bonchev–Trinajstić information content (AvgIpc) is 2.55. The highest BCUT2D eigenvalue weighted by molar-refractivity contribution is 5.89. The predicted octanol–water partition coefficient (Wildman–Crippen LogP) is 4.62. The van der Waals surface area contributed by atoms with Gasteiger partial charge >= 0.3 is 12.2 Å². The molecule has 1 aromatic rings. The van der Waals surface area contributed by atoms with E-state index in [0.717, 1.165) is 37.9 Å². The fourth-order valence-corrected chi connectivity index (χ4v) is 4.31. The van der Waals surface area contributed by atoms with Gasteiger partial charge in [0.05, 0.1) is 5.56 Å². The van der Waals surface area contributed by atoms with E-state index in [9.17, 15) is 18.0 Å². The van der Waals surface area contributed by atoms with Gasteiger partial charge in [-0.05, 0) is 62.9 Å². The van der Waals surface area contributed by atoms with Crippen molar-refractivity contribution < 1.29 is 18.0 Å². The van der Waals surface area contributed by atoms with Crippen LogP contribution in [0.15, 0.2) is 24.3 Å². The summed E-state index contributed by atoms with van der Waals surface area (Å²) in [7, 11) is 0. The van der Waals surface area contributed by atoms with Crippen molar-refractivity contribution in [1.29, 1.82) is 0 Å². The highest BCUT2D eigenvalue weighted by atomic mass is 19.4. The summed E-state index contributed by atoms with van der Waals surface area (Å²) in [6.45, 7) is 3.30. The Kier molecular flexibility index (Phi) is 5.75. The Labute approximate surface area is 152 Å². The van der Waals surface area contributed by atoms with Gasteiger partial charge in [0.1, 0.15) is 0 Å². The van der Waals surface area contributed by atoms with E-state index in [2.05, 4.69) is 22.5 Å². The van der Waals surface area contributed by atoms with E-state index in [-0.39, 0.29) is 12.1 Å². The lowest BCUT2D eigenvalue weighted by atomic mass is 9.81. The zero-order chi connectivity index (χ0) is 18.7. The normalized spacial score (nSPS) is 26.4. The first-order valence-corrected chi connectivity index (χ1v) is 9.37. The molecule has 2 heterocycles. The molecule has 2 fully saturated rings. The van der Waals surface area contributed by atoms with Gasteiger partial charge in [-0.2, -0.15) is 13.2 Å². The first kappa shape index (κ1) is 19.0. The number of rotatable bonds is 4. The molecule has 0 radical (unpaired) electrons. The molecule has 2 aliphatic rings. The molecule has 144 valence electrons. The first-order valence-electron chi connectivity index (χ1n) is 9.37. The van der Waals surface area contributed by atoms with Crippen LogP contribution in [0.4, 0.5) is 23.7 Å². The van der Waals surface area contributed by atoms with Gasteiger partial charge in [0.2, 0.25) is 0 Å². The number of hydrogen-bond donors (Lipinski definition) is 2. The summed E-state index contributed by atoms with van der Waals surface area (Å²) in [4.78, 5) is 14.8. The third-order valence-corrected chi connectivity index (χ3v) is 5.41. The molecule has 2 amide bonds. The molecule has 1 unspecified atom stereocenters. The number of nitrogens with zero attached hydrogens (tertiary/aromatic N) is 1. The Bertz CT molecular complexity index is 603. The summed E-state index contributed by atoms with van der Waals surface area (Å²) < 4.78 is 37.8. The second-order valence-corrected chi connectivity index (χ2v) is 7.32. The van der Waals surface area contributed by atoms with E-state index in [0.29, 0.717) is 17.8 Å². The molecule has 2 aliphatic heterocycles. The first-order chi connectivity index (χ1) is 12.4. The van der Waals surface area contributed by atoms with E-state index >= 15 is 0 Å². The Morgan fingerprint density at radius 2 is 1.77 bits per heavy atom. The van der Waals surface area contributed by atoms with Crippen molar-refractivity contribution in [2.24, 2.45) is 0 Å². The van der Waals surface area contributed by atoms with E-state index in [1.807, 2.05) is 0 Å². The predicted molar refractivity (Wildman–Crippen MR) is 95.0 cm³/mol. The smallest absolute Gasteiger partial charge is 0.335 e. The average molecular weight is 369 g/mol. The molecule has 26 heavy (non-hydrogen) atoms. The number of benzene rings is 1. The largest absolute Gasteiger partial charge is 0.416 e. The summed E-state index contributed by atoms with van der Waals surface area (Å²) in [5.41, 5.74) is -0.362. The molecule has 2 N–H and O–H groups in total. The Balaban J connectivity index is 1.54. The number of carbonyl (C=O) groups excluding carboxylic acids is 1. The summed E-state index contributed by atoms with van der Waals surface area (Å²) in [5.74, 6) is 0. The van der Waals surface area contributed by atoms with Crippen LogP contribution in [0.1, 0.15) is 51.0 Å². The van der Waals surface area contributed by atoms with Gasteiger partial charge in [-0.1, -0.05) is 13.3 Å². The lowest BCUT2D eigenvalue weighted by molar-refractivity contribution is -0.137. The number of nitrogens with one attached hydrogen (secondary N) is 2. The van der Waals surface area contributed by atoms with Crippen LogP contribution in [0.2, 0.25) is 0 Å². The van der Waals surface area contributed by atoms with Gasteiger partial charge in [-0.25, -0.2) is 4.79 Å². The minimum Gasteiger partial charge on any atom is -0.335 e. The van der Waals surface area contributed by atoms with Crippen LogP contribution in [-0.2, 0) is 6.18 Å². The standard InChI is InChI=1S/C19H26F3N3O/c1-2-10-25-16-4-3-5-17(25)12-15(11-16)24-18(26)23-14-8-6-13(7-9-14)19(20,21)22/h6-9,15-17H,2-5,10-12H2,1H3,(H2,23,24,26)/t15?,16-,17+. The van der Waals surface area contributed by atoms with Crippen molar-refractivity contribution in [2.75, 3.05) is 11.9 Å². The molecule has 4 nitrogen and oxygen atoms in total. The number of amides is 2. The summed E-state index contributed by atoms with van der Waals surface area (Å²) in [6.07, 6.45) is 2.25. The number of carbonyl (C=O) groups is 1. The number of fused-ring (bicyclic) bond motifs is 2. The van der Waals surface area contributed by atoms with Gasteiger partial charge in [-0.3, -0.25) is 4.90 Å². The van der Waals surface area contributed by atoms with Crippen LogP contribution in [0.3, 0.4) is 0 Å². The minimum absolute atomic E-state index is 0.118. The summed E-state index contributed by atoms with van der Waals surface area (Å²) in [6, 6.07) is 5.33. The molecular formula is C19H26F3N3O. The second-order valence-electron chi connectivity index (χ2n) is 7.32. The van der Waals surface area contributed by atoms with Crippen molar-refractivity contribution in [2.45, 2.75) is 69.8 Å². The quantitative estimate of drug-likeness (QED) is 0.813. The Morgan fingerprint density at radius 1 is 1.15 bits per heavy atom. The maximum absolute atomic E-state index is 12.6. The monoisotopic (exact) mass is 369 g/mol. The second kappa shape index (κ2) is 7.86. The van der Waals surface area contributed by atoms with Gasteiger partial charge in [0, 0.05) is 23.8 Å². The number of urea groups is 1. The number of hydrogen-bond acceptors (Lipinski definition) is 2. The van der Waals surface area contributed by atoms with E-state index in [1.54, 1.807) is 0 Å². The van der Waals surface area contributed by atoms with Gasteiger partial charge in [0.25, 0.3) is 0 Å². The molecule has 0 saturated carbocycles. The van der Waals surface area contributed by atoms with Crippen LogP contribution in [0.5, 0.6) is 0 Å². The maximum Gasteiger partial charge on any atom is 0.416 e. The molecular weight excluding hydrogens is 343 g/mol. The summed E-state index contributed by atoms with van der Waals surface area (Å²) >= 11 is 0. The highest BCUT2D eigenvalue weighted by Gasteiger charge is 2.38. The van der Waals surface area contributed by atoms with E-state index in [1.165, 1.54) is 31.4 Å². The molecule has 2 bridgehead atoms. The third-order valence-electron chi connectivity index (χ3n) is 5.41. The Morgan fingerprint density at radius 3 is 2.31 bits per heavy atom. The lowest BCUT2D eigenvalue weighted by Crippen LogP contribution is -2.57. The van der Waals surface area contributed by atoms with Crippen molar-refractivity contribution in [3.8, 4) is 0 Å². The fraction of sp³-hybridized carbons (Fsp3) is 0.632. The highest BCUT2D eigenvalue weighted by Crippen LogP contribution is 2.34. The molecule has 1 aromatic carbocycles. The fourth-order valence-electron chi connectivity index (χ4n) is 4.31. The molecule has 3 rings (SSSR count). The molecule has 0 aliphatic carbocycles. The SMILES string of the molecule is CCCN1[C@@H]2CCC[C@H]1CC(NC(=O)Nc1ccc(C(F)(F)F)cc1)C2. The van der Waals surface area contributed by atoms with E-state index in [4.69, 9.17) is 0 Å². The maximum atomic E-state index is 12.6. The molecule has 2 saturated heterocycles. The number of halogens is 3. The number of piperidine rings is 2. The lowest BCUT2D eigenvalue weighted by Gasteiger charge is -2.49. The van der Waals surface area contributed by atoms with Crippen LogP contribution < -0.4 is 10.6 Å². The van der Waals surface area contributed by atoms with Gasteiger partial charge in [0.15, 0.2) is 0 Å². The molecule has 0 spiro atoms. The third kappa shape index (κ3) is 4.50. The molecule has 7 heteroatoms. The number of anilines is 1. The molecule has 3 atom stereocenters. The van der Waals surface area contributed by atoms with Crippen molar-refractivity contribution in [3.63, 3.8) is 0 Å². The van der Waals surface area contributed by atoms with Crippen LogP contribution >= 0.6 is 0 Å². The van der Waals surface area contributed by atoms with Crippen molar-refractivity contribution >= 4 is 11.7 Å². The topological polar surface area (TPSA) is 44.4 Å². The van der Waals surface area contributed by atoms with E-state index < -0.39 is 11.7 Å². The van der Waals surface area contributed by atoms with Crippen LogP contribution in [-0.4, -0.2) is 35.6 Å². The van der Waals surface area contributed by atoms with Gasteiger partial charge < -0.3 is 10.6 Å². The minimum atomic E-state index is -4.37. The van der Waals surface area contributed by atoms with Gasteiger partial charge in [-0.15, -0.1) is 0 Å². The van der Waals surface area contributed by atoms with Crippen molar-refractivity contribution in [1.82, 2.24) is 10.2 Å².